The van der Waals surface area contributed by atoms with Crippen LogP contribution in [0.5, 0.6) is 0 Å². The summed E-state index contributed by atoms with van der Waals surface area (Å²) in [6.07, 6.45) is 0. The van der Waals surface area contributed by atoms with Crippen molar-refractivity contribution in [1.82, 2.24) is 4.98 Å². The van der Waals surface area contributed by atoms with Crippen molar-refractivity contribution < 1.29 is 37.2 Å². The summed E-state index contributed by atoms with van der Waals surface area (Å²) in [5.74, 6) is 0. The van der Waals surface area contributed by atoms with Gasteiger partial charge in [0.2, 0.25) is 0 Å². The van der Waals surface area contributed by atoms with Crippen LogP contribution >= 0.6 is 11.3 Å². The fourth-order valence-corrected chi connectivity index (χ4v) is 1.91. The van der Waals surface area contributed by atoms with Crippen molar-refractivity contribution in [3.05, 3.63) is 12.1 Å². The molecule has 0 aliphatic carbocycles. The first-order valence-corrected chi connectivity index (χ1v) is 4.19. The predicted molar refractivity (Wildman–Crippen MR) is 52.9 cm³/mol. The third kappa shape index (κ3) is 3.17. The zero-order chi connectivity index (χ0) is 8.72. The summed E-state index contributed by atoms with van der Waals surface area (Å²) < 4.78 is 0.935. The second-order valence-electron chi connectivity index (χ2n) is 2.51. The highest BCUT2D eigenvalue weighted by atomic mass is 35.5. The SMILES string of the molecule is Nc1cc(N)c2nc(N)sc2c1.[Cl-].[Cl-].[Cl-]. The molecular weight excluding hydrogens is 279 g/mol. The van der Waals surface area contributed by atoms with Gasteiger partial charge in [0.05, 0.1) is 10.4 Å². The number of nitrogens with two attached hydrogens (primary N) is 3. The quantitative estimate of drug-likeness (QED) is 0.420. The van der Waals surface area contributed by atoms with E-state index in [1.165, 1.54) is 11.3 Å². The molecule has 0 fully saturated rings. The lowest BCUT2D eigenvalue weighted by Crippen LogP contribution is -3.00. The van der Waals surface area contributed by atoms with Gasteiger partial charge in [-0.05, 0) is 12.1 Å². The monoisotopic (exact) mass is 285 g/mol. The van der Waals surface area contributed by atoms with Crippen LogP contribution in [0, 0.1) is 0 Å². The van der Waals surface area contributed by atoms with E-state index in [-0.39, 0.29) is 37.2 Å². The zero-order valence-corrected chi connectivity index (χ0v) is 10.5. The molecule has 2 aromatic rings. The van der Waals surface area contributed by atoms with E-state index >= 15 is 0 Å². The molecule has 86 valence electrons. The first-order chi connectivity index (χ1) is 5.66. The summed E-state index contributed by atoms with van der Waals surface area (Å²) in [6, 6.07) is 3.50. The molecule has 0 bridgehead atoms. The van der Waals surface area contributed by atoms with Crippen LogP contribution in [0.2, 0.25) is 0 Å². The maximum Gasteiger partial charge on any atom is 0.181 e. The number of fused-ring (bicyclic) bond motifs is 1. The Morgan fingerprint density at radius 3 is 2.20 bits per heavy atom. The second-order valence-corrected chi connectivity index (χ2v) is 3.57. The standard InChI is InChI=1S/C7H8N4S.3ClH/c8-3-1-4(9)6-5(2-3)12-7(10)11-6;;;/h1-2H,8-9H2,(H2,10,11);3*1H/p-3. The highest BCUT2D eigenvalue weighted by Gasteiger charge is 2.04. The van der Waals surface area contributed by atoms with E-state index in [2.05, 4.69) is 4.98 Å². The van der Waals surface area contributed by atoms with Gasteiger partial charge in [-0.25, -0.2) is 4.98 Å². The number of halogens is 3. The number of nitrogens with zero attached hydrogens (tertiary/aromatic N) is 1. The number of benzene rings is 1. The lowest BCUT2D eigenvalue weighted by Gasteiger charge is -1.95. The number of thiazole rings is 1. The third-order valence-electron chi connectivity index (χ3n) is 1.56. The Morgan fingerprint density at radius 1 is 1.00 bits per heavy atom. The average Bonchev–Trinajstić information content (AvgIpc) is 2.29. The molecule has 0 aliphatic rings. The van der Waals surface area contributed by atoms with E-state index in [1.54, 1.807) is 6.07 Å². The normalized spacial score (nSPS) is 8.53. The summed E-state index contributed by atoms with van der Waals surface area (Å²) in [6.45, 7) is 0. The fraction of sp³-hybridized carbons (Fsp3) is 0. The topological polar surface area (TPSA) is 91.0 Å². The van der Waals surface area contributed by atoms with Crippen molar-refractivity contribution in [2.75, 3.05) is 17.2 Å². The maximum atomic E-state index is 5.68. The largest absolute Gasteiger partial charge is 1.00 e. The fourth-order valence-electron chi connectivity index (χ4n) is 1.09. The van der Waals surface area contributed by atoms with E-state index < -0.39 is 0 Å². The Morgan fingerprint density at radius 2 is 1.60 bits per heavy atom. The number of hydrogen-bond acceptors (Lipinski definition) is 5. The van der Waals surface area contributed by atoms with Gasteiger partial charge < -0.3 is 54.4 Å². The number of aromatic nitrogens is 1. The van der Waals surface area contributed by atoms with Gasteiger partial charge in [0.1, 0.15) is 5.52 Å². The summed E-state index contributed by atoms with van der Waals surface area (Å²) >= 11 is 1.39. The molecule has 2 rings (SSSR count). The van der Waals surface area contributed by atoms with Crippen LogP contribution in [0.1, 0.15) is 0 Å². The van der Waals surface area contributed by atoms with Crippen LogP contribution in [-0.4, -0.2) is 4.98 Å². The molecule has 0 saturated heterocycles. The summed E-state index contributed by atoms with van der Waals surface area (Å²) in [4.78, 5) is 4.07. The molecule has 0 spiro atoms. The molecule has 0 unspecified atom stereocenters. The molecule has 0 amide bonds. The average molecular weight is 287 g/mol. The van der Waals surface area contributed by atoms with Crippen molar-refractivity contribution in [3.63, 3.8) is 0 Å². The highest BCUT2D eigenvalue weighted by molar-refractivity contribution is 7.22. The Bertz CT molecular complexity index is 445. The molecule has 1 aromatic carbocycles. The molecule has 8 heteroatoms. The molecule has 15 heavy (non-hydrogen) atoms. The summed E-state index contributed by atoms with van der Waals surface area (Å²) in [7, 11) is 0. The molecule has 0 aliphatic heterocycles. The first kappa shape index (κ1) is 16.8. The number of anilines is 3. The van der Waals surface area contributed by atoms with Crippen LogP contribution in [0.4, 0.5) is 16.5 Å². The van der Waals surface area contributed by atoms with Crippen molar-refractivity contribution in [2.24, 2.45) is 0 Å². The number of rotatable bonds is 0. The summed E-state index contributed by atoms with van der Waals surface area (Å²) in [5, 5.41) is 0.516. The highest BCUT2D eigenvalue weighted by Crippen LogP contribution is 2.29. The number of hydrogen-bond donors (Lipinski definition) is 3. The molecule has 4 nitrogen and oxygen atoms in total. The van der Waals surface area contributed by atoms with E-state index in [9.17, 15) is 0 Å². The van der Waals surface area contributed by atoms with Crippen LogP contribution in [0.25, 0.3) is 10.2 Å². The molecule has 6 N–H and O–H groups in total. The Kier molecular flexibility index (Phi) is 6.80. The Hall–Kier alpha value is -0.620. The first-order valence-electron chi connectivity index (χ1n) is 3.38. The molecule has 1 heterocycles. The molecule has 0 radical (unpaired) electrons. The Balaban J connectivity index is 0. The summed E-state index contributed by atoms with van der Waals surface area (Å²) in [5.41, 5.74) is 18.8. The minimum Gasteiger partial charge on any atom is -1.00 e. The van der Waals surface area contributed by atoms with E-state index in [1.807, 2.05) is 6.07 Å². The number of nitrogen functional groups attached to an aromatic ring is 3. The molecule has 1 aromatic heterocycles. The van der Waals surface area contributed by atoms with E-state index in [0.717, 1.165) is 10.2 Å². The van der Waals surface area contributed by atoms with Gasteiger partial charge in [-0.15, -0.1) is 0 Å². The van der Waals surface area contributed by atoms with Crippen LogP contribution in [0.3, 0.4) is 0 Å². The smallest absolute Gasteiger partial charge is 0.181 e. The minimum absolute atomic E-state index is 0. The lowest BCUT2D eigenvalue weighted by molar-refractivity contribution is -0.00100. The third-order valence-corrected chi connectivity index (χ3v) is 2.39. The van der Waals surface area contributed by atoms with Crippen molar-refractivity contribution in [3.8, 4) is 0 Å². The van der Waals surface area contributed by atoms with Gasteiger partial charge in [-0.1, -0.05) is 11.3 Å². The van der Waals surface area contributed by atoms with Crippen LogP contribution in [0.15, 0.2) is 12.1 Å². The van der Waals surface area contributed by atoms with Gasteiger partial charge in [0.25, 0.3) is 0 Å². The zero-order valence-electron chi connectivity index (χ0n) is 7.38. The minimum atomic E-state index is 0. The van der Waals surface area contributed by atoms with Crippen LogP contribution < -0.4 is 54.4 Å². The van der Waals surface area contributed by atoms with Crippen molar-refractivity contribution in [2.45, 2.75) is 0 Å². The molecular formula is C7H8Cl3N4S-3. The van der Waals surface area contributed by atoms with E-state index in [4.69, 9.17) is 17.2 Å². The van der Waals surface area contributed by atoms with Crippen molar-refractivity contribution in [1.29, 1.82) is 0 Å². The maximum absolute atomic E-state index is 5.68. The molecule has 0 atom stereocenters. The van der Waals surface area contributed by atoms with Gasteiger partial charge >= 0.3 is 0 Å². The lowest BCUT2D eigenvalue weighted by atomic mass is 10.2. The molecule has 0 saturated carbocycles. The van der Waals surface area contributed by atoms with Gasteiger partial charge in [-0.3, -0.25) is 0 Å². The second kappa shape index (κ2) is 6.07. The van der Waals surface area contributed by atoms with Crippen molar-refractivity contribution >= 4 is 38.1 Å². The van der Waals surface area contributed by atoms with Crippen LogP contribution in [-0.2, 0) is 0 Å². The van der Waals surface area contributed by atoms with E-state index in [0.29, 0.717) is 16.5 Å². The van der Waals surface area contributed by atoms with Gasteiger partial charge in [-0.2, -0.15) is 0 Å². The van der Waals surface area contributed by atoms with Gasteiger partial charge in [0, 0.05) is 5.69 Å². The predicted octanol–water partition coefficient (Wildman–Crippen LogP) is -7.95. The Labute approximate surface area is 109 Å². The van der Waals surface area contributed by atoms with Gasteiger partial charge in [0.15, 0.2) is 5.13 Å².